The fourth-order valence-electron chi connectivity index (χ4n) is 2.55. The first kappa shape index (κ1) is 17.2. The normalized spacial score (nSPS) is 15.4. The van der Waals surface area contributed by atoms with Crippen LogP contribution in [-0.4, -0.2) is 33.1 Å². The molecule has 1 fully saturated rings. The monoisotopic (exact) mass is 368 g/mol. The van der Waals surface area contributed by atoms with Gasteiger partial charge in [0, 0.05) is 12.1 Å². The Morgan fingerprint density at radius 2 is 2.25 bits per heavy atom. The zero-order valence-corrected chi connectivity index (χ0v) is 15.1. The molecule has 24 heavy (non-hydrogen) atoms. The van der Waals surface area contributed by atoms with Gasteiger partial charge in [-0.15, -0.1) is 10.2 Å². The Kier molecular flexibility index (Phi) is 6.08. The maximum Gasteiger partial charge on any atom is 0.316 e. The Morgan fingerprint density at radius 1 is 1.42 bits per heavy atom. The van der Waals surface area contributed by atoms with E-state index in [0.29, 0.717) is 17.5 Å². The van der Waals surface area contributed by atoms with Gasteiger partial charge in [0.2, 0.25) is 5.13 Å². The Hall–Kier alpha value is -1.61. The van der Waals surface area contributed by atoms with Crippen LogP contribution in [0.3, 0.4) is 0 Å². The number of carbonyl (C=O) groups is 1. The van der Waals surface area contributed by atoms with Crippen LogP contribution >= 0.6 is 23.1 Å². The summed E-state index contributed by atoms with van der Waals surface area (Å²) in [7, 11) is 0. The average Bonchev–Trinajstić information content (AvgIpc) is 3.21. The quantitative estimate of drug-likeness (QED) is 0.587. The number of rotatable bonds is 7. The number of aryl methyl sites for hydroxylation is 1. The van der Waals surface area contributed by atoms with Gasteiger partial charge in [0.05, 0.1) is 5.75 Å². The molecular weight excluding hydrogens is 348 g/mol. The maximum absolute atomic E-state index is 11.8. The van der Waals surface area contributed by atoms with Crippen LogP contribution < -0.4 is 5.32 Å². The summed E-state index contributed by atoms with van der Waals surface area (Å²) in [6.07, 6.45) is 6.25. The summed E-state index contributed by atoms with van der Waals surface area (Å²) in [6, 6.07) is 2.24. The van der Waals surface area contributed by atoms with Gasteiger partial charge in [-0.3, -0.25) is 4.79 Å². The smallest absolute Gasteiger partial charge is 0.316 e. The van der Waals surface area contributed by atoms with Crippen molar-refractivity contribution in [3.8, 4) is 0 Å². The lowest BCUT2D eigenvalue weighted by atomic mass is 9.96. The van der Waals surface area contributed by atoms with Gasteiger partial charge in [-0.25, -0.2) is 0 Å². The molecule has 2 aromatic rings. The van der Waals surface area contributed by atoms with Crippen LogP contribution in [0.15, 0.2) is 14.9 Å². The van der Waals surface area contributed by atoms with Crippen molar-refractivity contribution in [3.63, 3.8) is 0 Å². The summed E-state index contributed by atoms with van der Waals surface area (Å²) in [6.45, 7) is 1.92. The summed E-state index contributed by atoms with van der Waals surface area (Å²) in [5.74, 6) is 0.592. The van der Waals surface area contributed by atoms with E-state index in [1.54, 1.807) is 13.0 Å². The van der Waals surface area contributed by atoms with Gasteiger partial charge in [0.15, 0.2) is 4.34 Å². The molecule has 0 unspecified atom stereocenters. The molecule has 2 aromatic heterocycles. The minimum atomic E-state index is -0.308. The molecule has 0 radical (unpaired) electrons. The zero-order chi connectivity index (χ0) is 16.8. The summed E-state index contributed by atoms with van der Waals surface area (Å²) in [5, 5.41) is 16.3. The summed E-state index contributed by atoms with van der Waals surface area (Å²) in [5.41, 5.74) is 0.612. The molecule has 0 aliphatic heterocycles. The van der Waals surface area contributed by atoms with Gasteiger partial charge >= 0.3 is 5.97 Å². The minimum Gasteiger partial charge on any atom is -0.458 e. The summed E-state index contributed by atoms with van der Waals surface area (Å²) in [4.78, 5) is 11.8. The molecule has 0 atom stereocenters. The Bertz CT molecular complexity index is 667. The largest absolute Gasteiger partial charge is 0.458 e. The van der Waals surface area contributed by atoms with Crippen molar-refractivity contribution in [2.24, 2.45) is 0 Å². The van der Waals surface area contributed by atoms with E-state index in [9.17, 15) is 4.79 Å². The van der Waals surface area contributed by atoms with Crippen LogP contribution in [0.5, 0.6) is 0 Å². The van der Waals surface area contributed by atoms with Crippen molar-refractivity contribution < 1.29 is 14.1 Å². The number of nitrogens with zero attached hydrogens (tertiary/aromatic N) is 3. The number of carbonyl (C=O) groups excluding carboxylic acids is 1. The van der Waals surface area contributed by atoms with Crippen LogP contribution in [0.25, 0.3) is 0 Å². The highest BCUT2D eigenvalue weighted by Gasteiger charge is 2.16. The number of nitrogens with one attached hydrogen (secondary N) is 1. The van der Waals surface area contributed by atoms with E-state index in [1.807, 2.05) is 0 Å². The highest BCUT2D eigenvalue weighted by molar-refractivity contribution is 8.01. The van der Waals surface area contributed by atoms with Gasteiger partial charge in [-0.2, -0.15) is 0 Å². The molecule has 9 heteroatoms. The molecule has 2 heterocycles. The van der Waals surface area contributed by atoms with Crippen molar-refractivity contribution in [1.29, 1.82) is 0 Å². The first-order chi connectivity index (χ1) is 11.7. The second kappa shape index (κ2) is 8.48. The maximum atomic E-state index is 11.8. The van der Waals surface area contributed by atoms with E-state index in [4.69, 9.17) is 9.26 Å². The third-order valence-corrected chi connectivity index (χ3v) is 5.67. The van der Waals surface area contributed by atoms with Crippen molar-refractivity contribution in [2.45, 2.75) is 56.0 Å². The fourth-order valence-corrected chi connectivity index (χ4v) is 4.18. The lowest BCUT2D eigenvalue weighted by Gasteiger charge is -2.21. The molecule has 1 aliphatic rings. The Morgan fingerprint density at radius 3 is 3.00 bits per heavy atom. The minimum absolute atomic E-state index is 0.126. The van der Waals surface area contributed by atoms with Crippen molar-refractivity contribution in [2.75, 3.05) is 11.1 Å². The van der Waals surface area contributed by atoms with E-state index in [2.05, 4.69) is 20.7 Å². The standard InChI is InChI=1S/C15H20N4O3S2/c1-10-7-12(19-22-10)8-21-13(20)9-23-15-18-17-14(24-15)16-11-5-3-2-4-6-11/h7,11H,2-6,8-9H2,1H3,(H,16,17). The SMILES string of the molecule is Cc1cc(COC(=O)CSc2nnc(NC3CCCCC3)s2)no1. The van der Waals surface area contributed by atoms with E-state index in [1.165, 1.54) is 55.2 Å². The third kappa shape index (κ3) is 5.20. The molecule has 7 nitrogen and oxygen atoms in total. The molecule has 1 aliphatic carbocycles. The molecule has 130 valence electrons. The van der Waals surface area contributed by atoms with E-state index in [0.717, 1.165) is 9.47 Å². The Labute approximate surface area is 148 Å². The highest BCUT2D eigenvalue weighted by atomic mass is 32.2. The summed E-state index contributed by atoms with van der Waals surface area (Å²) >= 11 is 2.82. The van der Waals surface area contributed by atoms with Gasteiger partial charge in [-0.1, -0.05) is 47.5 Å². The lowest BCUT2D eigenvalue weighted by Crippen LogP contribution is -2.21. The van der Waals surface area contributed by atoms with Gasteiger partial charge in [-0.05, 0) is 19.8 Å². The van der Waals surface area contributed by atoms with Crippen LogP contribution in [0.1, 0.15) is 43.6 Å². The van der Waals surface area contributed by atoms with Crippen molar-refractivity contribution in [3.05, 3.63) is 17.5 Å². The second-order valence-electron chi connectivity index (χ2n) is 5.73. The molecule has 0 aromatic carbocycles. The first-order valence-electron chi connectivity index (χ1n) is 8.00. The molecule has 0 amide bonds. The predicted molar refractivity (Wildman–Crippen MR) is 92.2 cm³/mol. The van der Waals surface area contributed by atoms with Gasteiger partial charge < -0.3 is 14.6 Å². The van der Waals surface area contributed by atoms with Crippen LogP contribution in [0.2, 0.25) is 0 Å². The topological polar surface area (TPSA) is 90.1 Å². The van der Waals surface area contributed by atoms with Crippen LogP contribution in [0.4, 0.5) is 5.13 Å². The lowest BCUT2D eigenvalue weighted by molar-refractivity contribution is -0.141. The van der Waals surface area contributed by atoms with Crippen LogP contribution in [0, 0.1) is 6.92 Å². The van der Waals surface area contributed by atoms with Crippen LogP contribution in [-0.2, 0) is 16.1 Å². The number of hydrogen-bond acceptors (Lipinski definition) is 9. The van der Waals surface area contributed by atoms with E-state index in [-0.39, 0.29) is 18.3 Å². The zero-order valence-electron chi connectivity index (χ0n) is 13.5. The number of anilines is 1. The summed E-state index contributed by atoms with van der Waals surface area (Å²) < 4.78 is 10.8. The number of hydrogen-bond donors (Lipinski definition) is 1. The first-order valence-corrected chi connectivity index (χ1v) is 9.80. The van der Waals surface area contributed by atoms with Gasteiger partial charge in [0.1, 0.15) is 18.1 Å². The molecule has 1 N–H and O–H groups in total. The molecule has 1 saturated carbocycles. The molecule has 3 rings (SSSR count). The molecular formula is C15H20N4O3S2. The fraction of sp³-hybridized carbons (Fsp3) is 0.600. The number of ether oxygens (including phenoxy) is 1. The van der Waals surface area contributed by atoms with Crippen molar-refractivity contribution >= 4 is 34.2 Å². The number of thioether (sulfide) groups is 1. The average molecular weight is 368 g/mol. The van der Waals surface area contributed by atoms with Gasteiger partial charge in [0.25, 0.3) is 0 Å². The number of aromatic nitrogens is 3. The third-order valence-electron chi connectivity index (χ3n) is 3.71. The number of esters is 1. The van der Waals surface area contributed by atoms with E-state index < -0.39 is 0 Å². The highest BCUT2D eigenvalue weighted by Crippen LogP contribution is 2.28. The molecule has 0 saturated heterocycles. The van der Waals surface area contributed by atoms with Crippen molar-refractivity contribution in [1.82, 2.24) is 15.4 Å². The Balaban J connectivity index is 1.39. The molecule has 0 bridgehead atoms. The van der Waals surface area contributed by atoms with E-state index >= 15 is 0 Å². The molecule has 0 spiro atoms. The predicted octanol–water partition coefficient (Wildman–Crippen LogP) is 3.41. The second-order valence-corrected chi connectivity index (χ2v) is 7.93.